The Balaban J connectivity index is 1.66. The van der Waals surface area contributed by atoms with E-state index in [-0.39, 0.29) is 17.5 Å². The van der Waals surface area contributed by atoms with Crippen LogP contribution in [0, 0.1) is 0 Å². The molecule has 0 radical (unpaired) electrons. The van der Waals surface area contributed by atoms with Gasteiger partial charge in [0, 0.05) is 23.6 Å². The number of hydrogen-bond acceptors (Lipinski definition) is 4. The Morgan fingerprint density at radius 1 is 1.17 bits per heavy atom. The first-order chi connectivity index (χ1) is 11.1. The van der Waals surface area contributed by atoms with Gasteiger partial charge >= 0.3 is 0 Å². The molecule has 2 aromatic heterocycles. The molecule has 0 aliphatic carbocycles. The number of hydrogen-bond donors (Lipinski definition) is 1. The van der Waals surface area contributed by atoms with Gasteiger partial charge < -0.3 is 9.73 Å². The monoisotopic (exact) mass is 309 g/mol. The number of Topliss-reactive ketones (excluding diaryl/α,β-unsaturated/α-hetero) is 1. The van der Waals surface area contributed by atoms with Crippen LogP contribution in [0.3, 0.4) is 0 Å². The molecule has 0 spiro atoms. The maximum absolute atomic E-state index is 12.2. The van der Waals surface area contributed by atoms with Crippen LogP contribution in [-0.2, 0) is 6.54 Å². The molecule has 116 valence electrons. The van der Waals surface area contributed by atoms with Gasteiger partial charge in [0.25, 0.3) is 5.91 Å². The molecule has 1 amide bonds. The number of furan rings is 1. The van der Waals surface area contributed by atoms with Gasteiger partial charge in [0.15, 0.2) is 11.5 Å². The lowest BCUT2D eigenvalue weighted by Gasteiger charge is -2.04. The van der Waals surface area contributed by atoms with Crippen LogP contribution in [0.4, 0.5) is 5.69 Å². The number of rotatable bonds is 5. The van der Waals surface area contributed by atoms with Gasteiger partial charge in [-0.3, -0.25) is 14.3 Å². The average molecular weight is 309 g/mol. The molecule has 0 unspecified atom stereocenters. The first-order valence-corrected chi connectivity index (χ1v) is 7.10. The lowest BCUT2D eigenvalue weighted by atomic mass is 10.1. The summed E-state index contributed by atoms with van der Waals surface area (Å²) in [5.41, 5.74) is 1.20. The van der Waals surface area contributed by atoms with Crippen molar-refractivity contribution in [1.29, 1.82) is 0 Å². The maximum Gasteiger partial charge on any atom is 0.291 e. The van der Waals surface area contributed by atoms with E-state index < -0.39 is 0 Å². The molecule has 0 aliphatic rings. The summed E-state index contributed by atoms with van der Waals surface area (Å²) in [5, 5.41) is 6.81. The summed E-state index contributed by atoms with van der Waals surface area (Å²) < 4.78 is 7.24. The van der Waals surface area contributed by atoms with E-state index in [4.69, 9.17) is 4.42 Å². The fourth-order valence-corrected chi connectivity index (χ4v) is 2.12. The zero-order chi connectivity index (χ0) is 16.2. The molecule has 0 saturated carbocycles. The van der Waals surface area contributed by atoms with Crippen molar-refractivity contribution in [2.75, 3.05) is 5.32 Å². The minimum atomic E-state index is -0.340. The predicted octanol–water partition coefficient (Wildman–Crippen LogP) is 2.98. The molecule has 23 heavy (non-hydrogen) atoms. The van der Waals surface area contributed by atoms with Crippen molar-refractivity contribution in [1.82, 2.24) is 9.78 Å². The molecule has 2 heterocycles. The highest BCUT2D eigenvalue weighted by Gasteiger charge is 2.12. The van der Waals surface area contributed by atoms with Crippen molar-refractivity contribution in [3.63, 3.8) is 0 Å². The Morgan fingerprint density at radius 2 is 1.96 bits per heavy atom. The summed E-state index contributed by atoms with van der Waals surface area (Å²) in [6.07, 6.45) is 3.50. The minimum Gasteiger partial charge on any atom is -0.454 e. The Kier molecular flexibility index (Phi) is 4.05. The van der Waals surface area contributed by atoms with Crippen molar-refractivity contribution < 1.29 is 14.0 Å². The number of amides is 1. The molecule has 0 atom stereocenters. The number of nitrogens with zero attached hydrogens (tertiary/aromatic N) is 2. The number of ketones is 1. The van der Waals surface area contributed by atoms with Crippen LogP contribution in [0.2, 0.25) is 0 Å². The second kappa shape index (κ2) is 6.31. The number of carbonyl (C=O) groups excluding carboxylic acids is 2. The van der Waals surface area contributed by atoms with Crippen LogP contribution in [0.15, 0.2) is 59.3 Å². The van der Waals surface area contributed by atoms with Crippen molar-refractivity contribution in [3.8, 4) is 0 Å². The Morgan fingerprint density at radius 3 is 2.61 bits per heavy atom. The van der Waals surface area contributed by atoms with E-state index in [0.29, 0.717) is 23.6 Å². The predicted molar refractivity (Wildman–Crippen MR) is 84.4 cm³/mol. The van der Waals surface area contributed by atoms with Gasteiger partial charge in [-0.25, -0.2) is 0 Å². The summed E-state index contributed by atoms with van der Waals surface area (Å²) in [6.45, 7) is 1.96. The van der Waals surface area contributed by atoms with Gasteiger partial charge in [-0.1, -0.05) is 0 Å². The van der Waals surface area contributed by atoms with Gasteiger partial charge in [0.1, 0.15) is 5.76 Å². The van der Waals surface area contributed by atoms with Crippen molar-refractivity contribution >= 4 is 17.4 Å². The quantitative estimate of drug-likeness (QED) is 0.735. The highest BCUT2D eigenvalue weighted by Crippen LogP contribution is 2.14. The zero-order valence-electron chi connectivity index (χ0n) is 12.5. The van der Waals surface area contributed by atoms with E-state index in [1.165, 1.54) is 6.92 Å². The van der Waals surface area contributed by atoms with Gasteiger partial charge in [0.05, 0.1) is 6.54 Å². The zero-order valence-corrected chi connectivity index (χ0v) is 12.5. The highest BCUT2D eigenvalue weighted by atomic mass is 16.4. The summed E-state index contributed by atoms with van der Waals surface area (Å²) in [6, 6.07) is 11.9. The smallest absolute Gasteiger partial charge is 0.291 e. The lowest BCUT2D eigenvalue weighted by molar-refractivity contribution is 0.0992. The summed E-state index contributed by atoms with van der Waals surface area (Å²) in [5.74, 6) is 0.512. The van der Waals surface area contributed by atoms with E-state index in [0.717, 1.165) is 0 Å². The molecule has 0 saturated heterocycles. The first-order valence-electron chi connectivity index (χ1n) is 7.10. The SMILES string of the molecule is CC(=O)c1ccc(NC(=O)c2ccc(Cn3cccn3)o2)cc1. The van der Waals surface area contributed by atoms with E-state index in [1.54, 1.807) is 47.3 Å². The maximum atomic E-state index is 12.2. The molecule has 3 rings (SSSR count). The van der Waals surface area contributed by atoms with Crippen LogP contribution in [0.5, 0.6) is 0 Å². The second-order valence-electron chi connectivity index (χ2n) is 5.06. The van der Waals surface area contributed by atoms with E-state index in [1.807, 2.05) is 12.3 Å². The topological polar surface area (TPSA) is 77.1 Å². The fraction of sp³-hybridized carbons (Fsp3) is 0.118. The minimum absolute atomic E-state index is 0.0165. The van der Waals surface area contributed by atoms with Crippen LogP contribution in [-0.4, -0.2) is 21.5 Å². The standard InChI is InChI=1S/C17H15N3O3/c1-12(21)13-3-5-14(6-4-13)19-17(22)16-8-7-15(23-16)11-20-10-2-9-18-20/h2-10H,11H2,1H3,(H,19,22). The van der Waals surface area contributed by atoms with Gasteiger partial charge in [-0.15, -0.1) is 0 Å². The largest absolute Gasteiger partial charge is 0.454 e. The Hall–Kier alpha value is -3.15. The molecule has 0 bridgehead atoms. The molecule has 0 aliphatic heterocycles. The first kappa shape index (κ1) is 14.8. The van der Waals surface area contributed by atoms with Gasteiger partial charge in [-0.05, 0) is 49.4 Å². The average Bonchev–Trinajstić information content (AvgIpc) is 3.20. The van der Waals surface area contributed by atoms with Gasteiger partial charge in [0.2, 0.25) is 0 Å². The number of carbonyl (C=O) groups is 2. The third kappa shape index (κ3) is 3.55. The molecule has 3 aromatic rings. The van der Waals surface area contributed by atoms with E-state index in [2.05, 4.69) is 10.4 Å². The highest BCUT2D eigenvalue weighted by molar-refractivity contribution is 6.02. The van der Waals surface area contributed by atoms with Crippen molar-refractivity contribution in [3.05, 3.63) is 71.9 Å². The molecule has 0 fully saturated rings. The lowest BCUT2D eigenvalue weighted by Crippen LogP contribution is -2.11. The Labute approximate surface area is 132 Å². The Bertz CT molecular complexity index is 817. The molecule has 6 heteroatoms. The molecular weight excluding hydrogens is 294 g/mol. The summed E-state index contributed by atoms with van der Waals surface area (Å²) >= 11 is 0. The van der Waals surface area contributed by atoms with Crippen LogP contribution >= 0.6 is 0 Å². The summed E-state index contributed by atoms with van der Waals surface area (Å²) in [7, 11) is 0. The van der Waals surface area contributed by atoms with Crippen LogP contribution in [0.25, 0.3) is 0 Å². The normalized spacial score (nSPS) is 10.5. The van der Waals surface area contributed by atoms with Gasteiger partial charge in [-0.2, -0.15) is 5.10 Å². The number of aromatic nitrogens is 2. The number of benzene rings is 1. The van der Waals surface area contributed by atoms with Crippen molar-refractivity contribution in [2.45, 2.75) is 13.5 Å². The summed E-state index contributed by atoms with van der Waals surface area (Å²) in [4.78, 5) is 23.4. The van der Waals surface area contributed by atoms with Crippen molar-refractivity contribution in [2.24, 2.45) is 0 Å². The van der Waals surface area contributed by atoms with E-state index >= 15 is 0 Å². The third-order valence-electron chi connectivity index (χ3n) is 3.31. The molecular formula is C17H15N3O3. The molecule has 6 nitrogen and oxygen atoms in total. The molecule has 1 aromatic carbocycles. The molecule has 1 N–H and O–H groups in total. The van der Waals surface area contributed by atoms with Crippen LogP contribution < -0.4 is 5.32 Å². The van der Waals surface area contributed by atoms with Crippen LogP contribution in [0.1, 0.15) is 33.6 Å². The van der Waals surface area contributed by atoms with E-state index in [9.17, 15) is 9.59 Å². The third-order valence-corrected chi connectivity index (χ3v) is 3.31. The number of anilines is 1. The number of nitrogens with one attached hydrogen (secondary N) is 1. The fourth-order valence-electron chi connectivity index (χ4n) is 2.12. The second-order valence-corrected chi connectivity index (χ2v) is 5.06.